The minimum atomic E-state index is -6.31. The molecule has 0 bridgehead atoms. The molecule has 3 rings (SSSR count). The molecule has 19 heteroatoms. The number of aliphatic hydroxyl groups is 2. The molecule has 1 heterocycles. The number of benzene rings is 1. The van der Waals surface area contributed by atoms with Crippen LogP contribution >= 0.6 is 11.6 Å². The van der Waals surface area contributed by atoms with E-state index in [9.17, 15) is 58.5 Å². The molecule has 1 aromatic carbocycles. The summed E-state index contributed by atoms with van der Waals surface area (Å²) >= 11 is 6.32. The van der Waals surface area contributed by atoms with Gasteiger partial charge in [-0.05, 0) is 44.7 Å². The molecule has 3 N–H and O–H groups in total. The van der Waals surface area contributed by atoms with E-state index in [0.717, 1.165) is 10.9 Å². The Kier molecular flexibility index (Phi) is 9.71. The van der Waals surface area contributed by atoms with Gasteiger partial charge < -0.3 is 20.3 Å². The predicted octanol–water partition coefficient (Wildman–Crippen LogP) is 4.59. The van der Waals surface area contributed by atoms with Crippen LogP contribution in [0.1, 0.15) is 48.7 Å². The zero-order valence-electron chi connectivity index (χ0n) is 22.4. The van der Waals surface area contributed by atoms with Crippen molar-refractivity contribution in [2.24, 2.45) is 0 Å². The lowest BCUT2D eigenvalue weighted by molar-refractivity contribution is -0.376. The zero-order chi connectivity index (χ0) is 32.8. The van der Waals surface area contributed by atoms with Gasteiger partial charge in [-0.25, -0.2) is 8.42 Å². The number of nitrogens with zero attached hydrogens (tertiary/aromatic N) is 2. The largest absolute Gasteiger partial charge is 0.434 e. The highest BCUT2D eigenvalue weighted by molar-refractivity contribution is 7.91. The number of halogens is 9. The minimum absolute atomic E-state index is 0.0380. The second-order valence-electron chi connectivity index (χ2n) is 10.1. The highest BCUT2D eigenvalue weighted by atomic mass is 35.5. The average Bonchev–Trinajstić information content (AvgIpc) is 3.20. The maximum absolute atomic E-state index is 13.4. The number of alkyl halides is 8. The number of aromatic nitrogens is 2. The lowest BCUT2D eigenvalue weighted by Crippen LogP contribution is -2.53. The van der Waals surface area contributed by atoms with Gasteiger partial charge in [0.15, 0.2) is 5.69 Å². The van der Waals surface area contributed by atoms with Gasteiger partial charge in [0.05, 0.1) is 21.6 Å². The Morgan fingerprint density at radius 1 is 1.19 bits per heavy atom. The summed E-state index contributed by atoms with van der Waals surface area (Å²) in [6.07, 6.45) is -11.2. The van der Waals surface area contributed by atoms with Crippen LogP contribution in [-0.2, 0) is 22.0 Å². The van der Waals surface area contributed by atoms with Crippen molar-refractivity contribution in [1.29, 1.82) is 0 Å². The van der Waals surface area contributed by atoms with Gasteiger partial charge in [-0.2, -0.15) is 40.2 Å². The molecule has 0 spiro atoms. The van der Waals surface area contributed by atoms with Gasteiger partial charge in [0.2, 0.25) is 0 Å². The minimum Gasteiger partial charge on any atom is -0.434 e. The molecule has 0 atom stereocenters. The fraction of sp³-hybridized carbons (Fsp3) is 0.583. The van der Waals surface area contributed by atoms with Crippen molar-refractivity contribution in [1.82, 2.24) is 15.1 Å². The quantitative estimate of drug-likeness (QED) is 0.333. The van der Waals surface area contributed by atoms with E-state index in [1.807, 2.05) is 0 Å². The molecule has 43 heavy (non-hydrogen) atoms. The van der Waals surface area contributed by atoms with E-state index >= 15 is 0 Å². The summed E-state index contributed by atoms with van der Waals surface area (Å²) in [5.41, 5.74) is -10.3. The zero-order valence-corrected chi connectivity index (χ0v) is 23.9. The summed E-state index contributed by atoms with van der Waals surface area (Å²) in [6.45, 7) is -2.76. The van der Waals surface area contributed by atoms with Crippen LogP contribution in [0.5, 0.6) is 5.75 Å². The fourth-order valence-electron chi connectivity index (χ4n) is 4.76. The predicted molar refractivity (Wildman–Crippen MR) is 135 cm³/mol. The molecule has 9 nitrogen and oxygen atoms in total. The lowest BCUT2D eigenvalue weighted by Gasteiger charge is -2.35. The molecule has 0 unspecified atom stereocenters. The molecule has 2 aromatic rings. The third kappa shape index (κ3) is 7.01. The van der Waals surface area contributed by atoms with Crippen LogP contribution in [0.2, 0.25) is 5.02 Å². The normalized spacial score (nSPS) is 20.4. The van der Waals surface area contributed by atoms with Gasteiger partial charge in [0, 0.05) is 30.5 Å². The topological polar surface area (TPSA) is 131 Å². The average molecular weight is 672 g/mol. The first-order valence-corrected chi connectivity index (χ1v) is 14.8. The first kappa shape index (κ1) is 34.8. The summed E-state index contributed by atoms with van der Waals surface area (Å²) in [6, 6.07) is 0.656. The van der Waals surface area contributed by atoms with Crippen molar-refractivity contribution >= 4 is 27.3 Å². The Hall–Kier alpha value is -2.70. The Labute approximate surface area is 244 Å². The van der Waals surface area contributed by atoms with Crippen LogP contribution in [0.4, 0.5) is 35.1 Å². The van der Waals surface area contributed by atoms with E-state index in [-0.39, 0.29) is 56.6 Å². The first-order chi connectivity index (χ1) is 19.6. The molecule has 1 aliphatic carbocycles. The monoisotopic (exact) mass is 671 g/mol. The number of hydrogen-bond acceptors (Lipinski definition) is 7. The van der Waals surface area contributed by atoms with Crippen LogP contribution in [0.25, 0.3) is 11.3 Å². The molecule has 1 amide bonds. The molecule has 242 valence electrons. The number of sulfone groups is 1. The Morgan fingerprint density at radius 3 is 2.21 bits per heavy atom. The maximum Gasteiger partial charge on any atom is 0.430 e. The van der Waals surface area contributed by atoms with Crippen LogP contribution < -0.4 is 10.1 Å². The lowest BCUT2D eigenvalue weighted by atomic mass is 9.84. The maximum atomic E-state index is 13.4. The molecule has 1 aliphatic rings. The third-order valence-corrected chi connectivity index (χ3v) is 9.19. The summed E-state index contributed by atoms with van der Waals surface area (Å²) in [5, 5.41) is 25.7. The van der Waals surface area contributed by atoms with E-state index in [1.165, 1.54) is 6.92 Å². The molecular weight excluding hydrogens is 646 g/mol. The molecular formula is C24H26ClF8N3O6S. The highest BCUT2D eigenvalue weighted by Crippen LogP contribution is 2.51. The van der Waals surface area contributed by atoms with Crippen molar-refractivity contribution in [2.75, 3.05) is 12.8 Å². The van der Waals surface area contributed by atoms with Gasteiger partial charge >= 0.3 is 19.0 Å². The van der Waals surface area contributed by atoms with Crippen molar-refractivity contribution in [2.45, 2.75) is 74.6 Å². The number of aryl methyl sites for hydroxylation is 1. The Bertz CT molecular complexity index is 1440. The van der Waals surface area contributed by atoms with E-state index in [1.54, 1.807) is 0 Å². The number of amides is 1. The molecule has 0 saturated heterocycles. The van der Waals surface area contributed by atoms with Crippen LogP contribution in [0.15, 0.2) is 18.2 Å². The SMILES string of the molecule is CCn1nc(C(=O)NC[C@]2(O)CC[C@@H](S(C)(=O)=O)CC2)c(Cl)c1-c1ccc(C(O)(C(F)(F)F)C(F)(F)F)cc1OC(F)F. The third-order valence-electron chi connectivity index (χ3n) is 7.15. The van der Waals surface area contributed by atoms with Gasteiger partial charge in [0.25, 0.3) is 11.5 Å². The van der Waals surface area contributed by atoms with Crippen molar-refractivity contribution in [3.63, 3.8) is 0 Å². The van der Waals surface area contributed by atoms with Crippen molar-refractivity contribution in [3.8, 4) is 17.0 Å². The van der Waals surface area contributed by atoms with E-state index < -0.39 is 78.8 Å². The smallest absolute Gasteiger partial charge is 0.430 e. The van der Waals surface area contributed by atoms with Crippen LogP contribution in [0, 0.1) is 0 Å². The molecule has 1 fully saturated rings. The molecule has 1 aromatic heterocycles. The van der Waals surface area contributed by atoms with Crippen LogP contribution in [0.3, 0.4) is 0 Å². The number of nitrogens with one attached hydrogen (secondary N) is 1. The highest BCUT2D eigenvalue weighted by Gasteiger charge is 2.71. The number of carbonyl (C=O) groups excluding carboxylic acids is 1. The number of carbonyl (C=O) groups is 1. The Morgan fingerprint density at radius 2 is 1.74 bits per heavy atom. The number of hydrogen-bond donors (Lipinski definition) is 3. The molecule has 0 radical (unpaired) electrons. The van der Waals surface area contributed by atoms with E-state index in [4.69, 9.17) is 11.6 Å². The van der Waals surface area contributed by atoms with Crippen molar-refractivity contribution in [3.05, 3.63) is 34.5 Å². The summed E-state index contributed by atoms with van der Waals surface area (Å²) in [7, 11) is -3.34. The summed E-state index contributed by atoms with van der Waals surface area (Å²) in [4.78, 5) is 12.9. The van der Waals surface area contributed by atoms with Gasteiger partial charge in [-0.15, -0.1) is 0 Å². The van der Waals surface area contributed by atoms with E-state index in [2.05, 4.69) is 15.2 Å². The molecule has 1 saturated carbocycles. The van der Waals surface area contributed by atoms with Gasteiger partial charge in [-0.1, -0.05) is 17.7 Å². The standard InChI is InChI=1S/C24H26ClF8N3O6S/c1-3-36-18(14-5-4-12(10-15(14)42-20(26)27)22(39,23(28,29)30)24(31,32)33)16(25)17(35-36)19(37)34-11-21(38)8-6-13(7-9-21)43(2,40)41/h4-5,10,13,20,38-39H,3,6-9,11H2,1-2H3,(H,34,37)/t13-,21+. The second kappa shape index (κ2) is 12.0. The van der Waals surface area contributed by atoms with Crippen molar-refractivity contribution < 1.29 is 63.3 Å². The Balaban J connectivity index is 1.99. The second-order valence-corrected chi connectivity index (χ2v) is 12.8. The summed E-state index contributed by atoms with van der Waals surface area (Å²) < 4.78 is 136. The van der Waals surface area contributed by atoms with Gasteiger partial charge in [-0.3, -0.25) is 9.48 Å². The fourth-order valence-corrected chi connectivity index (χ4v) is 6.17. The van der Waals surface area contributed by atoms with E-state index in [0.29, 0.717) is 6.07 Å². The number of ether oxygens (including phenoxy) is 1. The summed E-state index contributed by atoms with van der Waals surface area (Å²) in [5.74, 6) is -2.21. The van der Waals surface area contributed by atoms with Crippen LogP contribution in [-0.4, -0.2) is 76.9 Å². The molecule has 0 aliphatic heterocycles. The number of rotatable bonds is 9. The first-order valence-electron chi connectivity index (χ1n) is 12.5. The van der Waals surface area contributed by atoms with Gasteiger partial charge in [0.1, 0.15) is 15.6 Å².